The molecule has 0 radical (unpaired) electrons. The predicted molar refractivity (Wildman–Crippen MR) is 97.6 cm³/mol. The number of nitrogens with one attached hydrogen (secondary N) is 1. The van der Waals surface area contributed by atoms with Gasteiger partial charge in [-0.15, -0.1) is 0 Å². The molecule has 0 aliphatic carbocycles. The molecule has 0 aliphatic heterocycles. The van der Waals surface area contributed by atoms with E-state index in [1.807, 2.05) is 6.92 Å². The average molecular weight is 416 g/mol. The first-order valence-electron chi connectivity index (χ1n) is 8.28. The molecule has 150 valence electrons. The third kappa shape index (κ3) is 5.88. The second-order valence-electron chi connectivity index (χ2n) is 5.66. The monoisotopic (exact) mass is 415 g/mol. The Bertz CT molecular complexity index is 855. The van der Waals surface area contributed by atoms with Gasteiger partial charge in [0.2, 0.25) is 0 Å². The van der Waals surface area contributed by atoms with Crippen LogP contribution in [0.15, 0.2) is 42.5 Å². The molecule has 2 aromatic carbocycles. The number of alkyl halides is 3. The molecule has 0 fully saturated rings. The van der Waals surface area contributed by atoms with Crippen LogP contribution in [0, 0.1) is 0 Å². The van der Waals surface area contributed by atoms with Crippen LogP contribution in [0.4, 0.5) is 18.9 Å². The van der Waals surface area contributed by atoms with E-state index in [0.717, 1.165) is 18.2 Å². The van der Waals surface area contributed by atoms with Gasteiger partial charge in [-0.1, -0.05) is 30.7 Å². The van der Waals surface area contributed by atoms with Gasteiger partial charge in [-0.25, -0.2) is 4.79 Å². The zero-order valence-corrected chi connectivity index (χ0v) is 15.6. The second kappa shape index (κ2) is 9.45. The van der Waals surface area contributed by atoms with Crippen molar-refractivity contribution < 1.29 is 32.2 Å². The molecule has 0 saturated heterocycles. The highest BCUT2D eigenvalue weighted by Crippen LogP contribution is 2.35. The van der Waals surface area contributed by atoms with E-state index in [9.17, 15) is 22.8 Å². The minimum atomic E-state index is -4.58. The fourth-order valence-corrected chi connectivity index (χ4v) is 2.38. The largest absolute Gasteiger partial charge is 0.491 e. The van der Waals surface area contributed by atoms with Crippen LogP contribution in [-0.4, -0.2) is 25.1 Å². The SMILES string of the molecule is CCCOc1ccc(C(F)(F)F)cc1NC(=O)COC(=O)c1ccccc1Cl. The Morgan fingerprint density at radius 3 is 2.50 bits per heavy atom. The summed E-state index contributed by atoms with van der Waals surface area (Å²) in [4.78, 5) is 24.0. The van der Waals surface area contributed by atoms with E-state index in [4.69, 9.17) is 21.1 Å². The molecule has 0 saturated carbocycles. The normalized spacial score (nSPS) is 11.0. The molecule has 0 aromatic heterocycles. The molecule has 9 heteroatoms. The quantitative estimate of drug-likeness (QED) is 0.650. The van der Waals surface area contributed by atoms with Gasteiger partial charge in [0.05, 0.1) is 28.4 Å². The molecule has 0 aliphatic rings. The van der Waals surface area contributed by atoms with Crippen molar-refractivity contribution in [1.82, 2.24) is 0 Å². The molecule has 1 amide bonds. The summed E-state index contributed by atoms with van der Waals surface area (Å²) in [5.41, 5.74) is -1.04. The number of esters is 1. The number of hydrogen-bond acceptors (Lipinski definition) is 4. The highest BCUT2D eigenvalue weighted by molar-refractivity contribution is 6.33. The van der Waals surface area contributed by atoms with E-state index in [0.29, 0.717) is 6.42 Å². The number of ether oxygens (including phenoxy) is 2. The van der Waals surface area contributed by atoms with Crippen molar-refractivity contribution in [3.8, 4) is 5.75 Å². The maximum atomic E-state index is 12.9. The molecule has 0 heterocycles. The minimum Gasteiger partial charge on any atom is -0.491 e. The van der Waals surface area contributed by atoms with Gasteiger partial charge >= 0.3 is 12.1 Å². The second-order valence-corrected chi connectivity index (χ2v) is 6.07. The van der Waals surface area contributed by atoms with Crippen molar-refractivity contribution in [2.45, 2.75) is 19.5 Å². The van der Waals surface area contributed by atoms with E-state index in [-0.39, 0.29) is 28.6 Å². The Morgan fingerprint density at radius 1 is 1.14 bits per heavy atom. The number of hydrogen-bond donors (Lipinski definition) is 1. The van der Waals surface area contributed by atoms with Crippen LogP contribution in [0.5, 0.6) is 5.75 Å². The van der Waals surface area contributed by atoms with Crippen LogP contribution in [0.1, 0.15) is 29.3 Å². The van der Waals surface area contributed by atoms with Crippen LogP contribution in [0.25, 0.3) is 0 Å². The fourth-order valence-electron chi connectivity index (χ4n) is 2.16. The summed E-state index contributed by atoms with van der Waals surface area (Å²) in [6.45, 7) is 1.39. The Labute approximate surface area is 164 Å². The van der Waals surface area contributed by atoms with Gasteiger partial charge < -0.3 is 14.8 Å². The van der Waals surface area contributed by atoms with Crippen molar-refractivity contribution in [2.75, 3.05) is 18.5 Å². The molecule has 2 aromatic rings. The van der Waals surface area contributed by atoms with Crippen LogP contribution in [-0.2, 0) is 15.7 Å². The Kier molecular flexibility index (Phi) is 7.28. The first-order chi connectivity index (χ1) is 13.2. The molecule has 0 bridgehead atoms. The van der Waals surface area contributed by atoms with Gasteiger partial charge in [0.15, 0.2) is 6.61 Å². The average Bonchev–Trinajstić information content (AvgIpc) is 2.64. The zero-order valence-electron chi connectivity index (χ0n) is 14.8. The summed E-state index contributed by atoms with van der Waals surface area (Å²) in [6.07, 6.45) is -3.96. The maximum Gasteiger partial charge on any atom is 0.416 e. The number of amides is 1. The lowest BCUT2D eigenvalue weighted by molar-refractivity contribution is -0.137. The van der Waals surface area contributed by atoms with Crippen LogP contribution in [0.2, 0.25) is 5.02 Å². The van der Waals surface area contributed by atoms with Gasteiger partial charge in [0, 0.05) is 0 Å². The number of benzene rings is 2. The van der Waals surface area contributed by atoms with E-state index in [1.54, 1.807) is 12.1 Å². The van der Waals surface area contributed by atoms with Gasteiger partial charge in [0.1, 0.15) is 5.75 Å². The van der Waals surface area contributed by atoms with Crippen LogP contribution < -0.4 is 10.1 Å². The van der Waals surface area contributed by atoms with E-state index in [2.05, 4.69) is 5.32 Å². The van der Waals surface area contributed by atoms with Crippen LogP contribution in [0.3, 0.4) is 0 Å². The summed E-state index contributed by atoms with van der Waals surface area (Å²) in [5.74, 6) is -1.56. The third-order valence-electron chi connectivity index (χ3n) is 3.47. The Morgan fingerprint density at radius 2 is 1.86 bits per heavy atom. The van der Waals surface area contributed by atoms with E-state index in [1.165, 1.54) is 12.1 Å². The van der Waals surface area contributed by atoms with E-state index >= 15 is 0 Å². The summed E-state index contributed by atoms with van der Waals surface area (Å²) in [6, 6.07) is 8.85. The minimum absolute atomic E-state index is 0.0722. The van der Waals surface area contributed by atoms with Crippen molar-refractivity contribution in [1.29, 1.82) is 0 Å². The van der Waals surface area contributed by atoms with Gasteiger partial charge in [-0.05, 0) is 36.8 Å². The highest BCUT2D eigenvalue weighted by Gasteiger charge is 2.31. The first kappa shape index (κ1) is 21.6. The lowest BCUT2D eigenvalue weighted by Crippen LogP contribution is -2.22. The van der Waals surface area contributed by atoms with E-state index < -0.39 is 30.2 Å². The summed E-state index contributed by atoms with van der Waals surface area (Å²) >= 11 is 5.87. The fraction of sp³-hybridized carbons (Fsp3) is 0.263. The van der Waals surface area contributed by atoms with Gasteiger partial charge in [0.25, 0.3) is 5.91 Å². The molecule has 0 spiro atoms. The van der Waals surface area contributed by atoms with Crippen molar-refractivity contribution >= 4 is 29.2 Å². The number of carbonyl (C=O) groups is 2. The first-order valence-corrected chi connectivity index (χ1v) is 8.65. The smallest absolute Gasteiger partial charge is 0.416 e. The standard InChI is InChI=1S/C19H17ClF3NO4/c1-2-9-27-16-8-7-12(19(21,22)23)10-15(16)24-17(25)11-28-18(26)13-5-3-4-6-14(13)20/h3-8,10H,2,9,11H2,1H3,(H,24,25). The maximum absolute atomic E-state index is 12.9. The van der Waals surface area contributed by atoms with Gasteiger partial charge in [-0.3, -0.25) is 4.79 Å². The van der Waals surface area contributed by atoms with Crippen molar-refractivity contribution in [2.24, 2.45) is 0 Å². The van der Waals surface area contributed by atoms with Crippen molar-refractivity contribution in [3.63, 3.8) is 0 Å². The lowest BCUT2D eigenvalue weighted by Gasteiger charge is -2.15. The molecular weight excluding hydrogens is 399 g/mol. The number of rotatable bonds is 7. The zero-order chi connectivity index (χ0) is 20.7. The summed E-state index contributed by atoms with van der Waals surface area (Å²) in [7, 11) is 0. The molecule has 2 rings (SSSR count). The van der Waals surface area contributed by atoms with Crippen molar-refractivity contribution in [3.05, 3.63) is 58.6 Å². The molecule has 28 heavy (non-hydrogen) atoms. The number of halogens is 4. The topological polar surface area (TPSA) is 64.6 Å². The van der Waals surface area contributed by atoms with Crippen LogP contribution >= 0.6 is 11.6 Å². The Balaban J connectivity index is 2.09. The molecule has 0 unspecified atom stereocenters. The molecule has 5 nitrogen and oxygen atoms in total. The summed E-state index contributed by atoms with van der Waals surface area (Å²) in [5, 5.41) is 2.43. The predicted octanol–water partition coefficient (Wildman–Crippen LogP) is 4.94. The Hall–Kier alpha value is -2.74. The molecular formula is C19H17ClF3NO4. The number of anilines is 1. The lowest BCUT2D eigenvalue weighted by atomic mass is 10.1. The molecule has 0 atom stereocenters. The number of carbonyl (C=O) groups excluding carboxylic acids is 2. The highest BCUT2D eigenvalue weighted by atomic mass is 35.5. The van der Waals surface area contributed by atoms with Gasteiger partial charge in [-0.2, -0.15) is 13.2 Å². The molecule has 1 N–H and O–H groups in total. The third-order valence-corrected chi connectivity index (χ3v) is 3.80. The summed E-state index contributed by atoms with van der Waals surface area (Å²) < 4.78 is 49.0.